The van der Waals surface area contributed by atoms with E-state index in [-0.39, 0.29) is 5.91 Å². The number of hydrogen-bond acceptors (Lipinski definition) is 2. The van der Waals surface area contributed by atoms with Gasteiger partial charge in [-0.2, -0.15) is 0 Å². The van der Waals surface area contributed by atoms with Gasteiger partial charge in [-0.15, -0.1) is 0 Å². The number of carbonyl (C=O) groups excluding carboxylic acids is 1. The zero-order chi connectivity index (χ0) is 10.1. The standard InChI is InChI=1S/C11H14N2O/c1-2-6-13-7-8-4-3-5-9(12)10(8)11(13)14/h3-5H,2,6-7,12H2,1H3. The quantitative estimate of drug-likeness (QED) is 0.720. The summed E-state index contributed by atoms with van der Waals surface area (Å²) in [5.74, 6) is 0.0833. The molecule has 3 nitrogen and oxygen atoms in total. The van der Waals surface area contributed by atoms with Gasteiger partial charge in [0.05, 0.1) is 5.56 Å². The highest BCUT2D eigenvalue weighted by atomic mass is 16.2. The van der Waals surface area contributed by atoms with Gasteiger partial charge < -0.3 is 10.6 Å². The molecule has 1 aliphatic rings. The molecule has 0 aliphatic carbocycles. The SMILES string of the molecule is CCCN1Cc2cccc(N)c2C1=O. The molecule has 2 N–H and O–H groups in total. The molecule has 1 aromatic rings. The highest BCUT2D eigenvalue weighted by Crippen LogP contribution is 2.27. The van der Waals surface area contributed by atoms with Gasteiger partial charge in [-0.1, -0.05) is 19.1 Å². The maximum Gasteiger partial charge on any atom is 0.256 e. The van der Waals surface area contributed by atoms with Gasteiger partial charge in [-0.25, -0.2) is 0 Å². The molecule has 74 valence electrons. The highest BCUT2D eigenvalue weighted by Gasteiger charge is 2.27. The zero-order valence-corrected chi connectivity index (χ0v) is 8.29. The van der Waals surface area contributed by atoms with E-state index in [1.54, 1.807) is 6.07 Å². The van der Waals surface area contributed by atoms with E-state index in [9.17, 15) is 4.79 Å². The molecule has 0 unspecified atom stereocenters. The first-order valence-corrected chi connectivity index (χ1v) is 4.90. The number of nitrogens with zero attached hydrogens (tertiary/aromatic N) is 1. The average molecular weight is 190 g/mol. The van der Waals surface area contributed by atoms with Crippen LogP contribution in [0.2, 0.25) is 0 Å². The largest absolute Gasteiger partial charge is 0.398 e. The van der Waals surface area contributed by atoms with Crippen LogP contribution in [0.3, 0.4) is 0 Å². The van der Waals surface area contributed by atoms with Gasteiger partial charge in [0.1, 0.15) is 0 Å². The number of nitrogens with two attached hydrogens (primary N) is 1. The summed E-state index contributed by atoms with van der Waals surface area (Å²) in [5, 5.41) is 0. The van der Waals surface area contributed by atoms with Crippen LogP contribution in [0.15, 0.2) is 18.2 Å². The van der Waals surface area contributed by atoms with E-state index in [1.165, 1.54) is 0 Å². The normalized spacial score (nSPS) is 14.6. The molecular weight excluding hydrogens is 176 g/mol. The molecule has 0 saturated carbocycles. The van der Waals surface area contributed by atoms with Crippen molar-refractivity contribution in [3.8, 4) is 0 Å². The summed E-state index contributed by atoms with van der Waals surface area (Å²) in [6.45, 7) is 3.60. The van der Waals surface area contributed by atoms with E-state index < -0.39 is 0 Å². The van der Waals surface area contributed by atoms with Gasteiger partial charge in [0, 0.05) is 18.8 Å². The van der Waals surface area contributed by atoms with Crippen molar-refractivity contribution in [3.63, 3.8) is 0 Å². The first-order valence-electron chi connectivity index (χ1n) is 4.90. The third-order valence-electron chi connectivity index (χ3n) is 2.54. The predicted octanol–water partition coefficient (Wildman–Crippen LogP) is 1.63. The molecule has 1 heterocycles. The lowest BCUT2D eigenvalue weighted by molar-refractivity contribution is 0.0779. The van der Waals surface area contributed by atoms with Crippen LogP contribution in [-0.2, 0) is 6.54 Å². The lowest BCUT2D eigenvalue weighted by Crippen LogP contribution is -2.24. The van der Waals surface area contributed by atoms with Gasteiger partial charge in [0.2, 0.25) is 0 Å². The molecule has 1 aromatic carbocycles. The van der Waals surface area contributed by atoms with Crippen LogP contribution < -0.4 is 5.73 Å². The van der Waals surface area contributed by atoms with Crippen LogP contribution in [0.4, 0.5) is 5.69 Å². The van der Waals surface area contributed by atoms with E-state index >= 15 is 0 Å². The predicted molar refractivity (Wildman–Crippen MR) is 55.9 cm³/mol. The topological polar surface area (TPSA) is 46.3 Å². The van der Waals surface area contributed by atoms with E-state index in [0.717, 1.165) is 18.5 Å². The number of nitrogen functional groups attached to an aromatic ring is 1. The van der Waals surface area contributed by atoms with E-state index in [4.69, 9.17) is 5.73 Å². The Balaban J connectivity index is 2.36. The van der Waals surface area contributed by atoms with E-state index in [2.05, 4.69) is 6.92 Å². The van der Waals surface area contributed by atoms with Crippen molar-refractivity contribution in [2.24, 2.45) is 0 Å². The molecule has 0 fully saturated rings. The Labute approximate surface area is 83.5 Å². The molecule has 14 heavy (non-hydrogen) atoms. The summed E-state index contributed by atoms with van der Waals surface area (Å²) in [6.07, 6.45) is 0.986. The monoisotopic (exact) mass is 190 g/mol. The number of hydrogen-bond donors (Lipinski definition) is 1. The fraction of sp³-hybridized carbons (Fsp3) is 0.364. The molecule has 1 aliphatic heterocycles. The maximum atomic E-state index is 11.9. The lowest BCUT2D eigenvalue weighted by atomic mass is 10.1. The summed E-state index contributed by atoms with van der Waals surface area (Å²) < 4.78 is 0. The minimum atomic E-state index is 0.0833. The molecule has 0 radical (unpaired) electrons. The van der Waals surface area contributed by atoms with Crippen LogP contribution in [0.25, 0.3) is 0 Å². The summed E-state index contributed by atoms with van der Waals surface area (Å²) in [6, 6.07) is 5.66. The summed E-state index contributed by atoms with van der Waals surface area (Å²) in [4.78, 5) is 13.7. The first kappa shape index (κ1) is 9.06. The lowest BCUT2D eigenvalue weighted by Gasteiger charge is -2.13. The minimum Gasteiger partial charge on any atom is -0.398 e. The van der Waals surface area contributed by atoms with E-state index in [1.807, 2.05) is 17.0 Å². The van der Waals surface area contributed by atoms with E-state index in [0.29, 0.717) is 17.8 Å². The maximum absolute atomic E-state index is 11.9. The van der Waals surface area contributed by atoms with Crippen molar-refractivity contribution in [2.45, 2.75) is 19.9 Å². The van der Waals surface area contributed by atoms with Gasteiger partial charge in [0.25, 0.3) is 5.91 Å². The third-order valence-corrected chi connectivity index (χ3v) is 2.54. The summed E-state index contributed by atoms with van der Waals surface area (Å²) >= 11 is 0. The fourth-order valence-electron chi connectivity index (χ4n) is 1.90. The third kappa shape index (κ3) is 1.25. The Hall–Kier alpha value is -1.51. The van der Waals surface area contributed by atoms with Crippen LogP contribution in [0.1, 0.15) is 29.3 Å². The summed E-state index contributed by atoms with van der Waals surface area (Å²) in [7, 11) is 0. The number of amides is 1. The molecule has 0 spiro atoms. The number of anilines is 1. The molecule has 0 aromatic heterocycles. The summed E-state index contributed by atoms with van der Waals surface area (Å²) in [5.41, 5.74) is 8.14. The van der Waals surface area contributed by atoms with Gasteiger partial charge in [0.15, 0.2) is 0 Å². The van der Waals surface area contributed by atoms with Crippen molar-refractivity contribution in [2.75, 3.05) is 12.3 Å². The Morgan fingerprint density at radius 1 is 1.50 bits per heavy atom. The average Bonchev–Trinajstić information content (AvgIpc) is 2.46. The number of fused-ring (bicyclic) bond motifs is 1. The van der Waals surface area contributed by atoms with Crippen LogP contribution in [0.5, 0.6) is 0 Å². The number of benzene rings is 1. The van der Waals surface area contributed by atoms with Gasteiger partial charge >= 0.3 is 0 Å². The van der Waals surface area contributed by atoms with Crippen molar-refractivity contribution in [1.82, 2.24) is 4.90 Å². The molecule has 0 atom stereocenters. The second-order valence-corrected chi connectivity index (χ2v) is 3.61. The molecule has 0 saturated heterocycles. The first-order chi connectivity index (χ1) is 6.74. The molecular formula is C11H14N2O. The van der Waals surface area contributed by atoms with Gasteiger partial charge in [-0.3, -0.25) is 4.79 Å². The number of carbonyl (C=O) groups is 1. The smallest absolute Gasteiger partial charge is 0.256 e. The van der Waals surface area contributed by atoms with Crippen LogP contribution in [0, 0.1) is 0 Å². The Morgan fingerprint density at radius 3 is 2.93 bits per heavy atom. The number of rotatable bonds is 2. The van der Waals surface area contributed by atoms with Crippen LogP contribution >= 0.6 is 0 Å². The van der Waals surface area contributed by atoms with Gasteiger partial charge in [-0.05, 0) is 18.1 Å². The minimum absolute atomic E-state index is 0.0833. The Bertz CT molecular complexity index is 374. The van der Waals surface area contributed by atoms with Crippen molar-refractivity contribution >= 4 is 11.6 Å². The Morgan fingerprint density at radius 2 is 2.29 bits per heavy atom. The molecule has 1 amide bonds. The molecule has 2 rings (SSSR count). The van der Waals surface area contributed by atoms with Crippen molar-refractivity contribution < 1.29 is 4.79 Å². The van der Waals surface area contributed by atoms with Crippen LogP contribution in [-0.4, -0.2) is 17.4 Å². The molecule has 0 bridgehead atoms. The zero-order valence-electron chi connectivity index (χ0n) is 8.29. The fourth-order valence-corrected chi connectivity index (χ4v) is 1.90. The van der Waals surface area contributed by atoms with Crippen molar-refractivity contribution in [1.29, 1.82) is 0 Å². The molecule has 3 heteroatoms. The van der Waals surface area contributed by atoms with Crippen molar-refractivity contribution in [3.05, 3.63) is 29.3 Å². The highest BCUT2D eigenvalue weighted by molar-refractivity contribution is 6.02. The second kappa shape index (κ2) is 3.33. The Kier molecular flexibility index (Phi) is 2.15. The second-order valence-electron chi connectivity index (χ2n) is 3.61.